The number of hydrogen-bond acceptors (Lipinski definition) is 4. The second kappa shape index (κ2) is 7.01. The Morgan fingerprint density at radius 2 is 1.96 bits per heavy atom. The Labute approximate surface area is 142 Å². The summed E-state index contributed by atoms with van der Waals surface area (Å²) in [6.45, 7) is 12.9. The number of rotatable bonds is 5. The molecule has 0 aliphatic rings. The first-order valence-electron chi connectivity index (χ1n) is 7.58. The van der Waals surface area contributed by atoms with Gasteiger partial charge in [-0.3, -0.25) is 4.57 Å². The fraction of sp³-hybridized carbons (Fsp3) is 0.389. The summed E-state index contributed by atoms with van der Waals surface area (Å²) in [4.78, 5) is 0. The van der Waals surface area contributed by atoms with E-state index < -0.39 is 0 Å². The SMILES string of the molecule is C=CCn1c(S[C@@H](C)C#N)nnc1-c1ccc(C(C)(C)C)cc1. The van der Waals surface area contributed by atoms with Gasteiger partial charge >= 0.3 is 0 Å². The van der Waals surface area contributed by atoms with Gasteiger partial charge in [-0.2, -0.15) is 5.26 Å². The summed E-state index contributed by atoms with van der Waals surface area (Å²) < 4.78 is 2.00. The Bertz CT molecular complexity index is 717. The van der Waals surface area contributed by atoms with Gasteiger partial charge < -0.3 is 0 Å². The third kappa shape index (κ3) is 4.02. The molecule has 0 saturated heterocycles. The molecule has 2 rings (SSSR count). The molecule has 0 saturated carbocycles. The smallest absolute Gasteiger partial charge is 0.193 e. The molecule has 0 bridgehead atoms. The lowest BCUT2D eigenvalue weighted by atomic mass is 9.87. The number of allylic oxidation sites excluding steroid dienone is 1. The molecule has 0 spiro atoms. The van der Waals surface area contributed by atoms with Crippen LogP contribution in [0.25, 0.3) is 11.4 Å². The molecule has 5 heteroatoms. The normalized spacial score (nSPS) is 12.7. The van der Waals surface area contributed by atoms with Crippen molar-refractivity contribution in [1.82, 2.24) is 14.8 Å². The van der Waals surface area contributed by atoms with Crippen LogP contribution in [0.2, 0.25) is 0 Å². The van der Waals surface area contributed by atoms with Crippen LogP contribution in [0.4, 0.5) is 0 Å². The highest BCUT2D eigenvalue weighted by Crippen LogP contribution is 2.28. The van der Waals surface area contributed by atoms with E-state index in [0.717, 1.165) is 16.5 Å². The summed E-state index contributed by atoms with van der Waals surface area (Å²) >= 11 is 1.41. The molecule has 1 atom stereocenters. The van der Waals surface area contributed by atoms with Gasteiger partial charge in [0.05, 0.1) is 11.3 Å². The van der Waals surface area contributed by atoms with Crippen LogP contribution in [-0.2, 0) is 12.0 Å². The van der Waals surface area contributed by atoms with Crippen molar-refractivity contribution in [2.24, 2.45) is 0 Å². The number of benzene rings is 1. The summed E-state index contributed by atoms with van der Waals surface area (Å²) in [6.07, 6.45) is 1.82. The van der Waals surface area contributed by atoms with E-state index in [9.17, 15) is 0 Å². The van der Waals surface area contributed by atoms with Gasteiger partial charge in [0, 0.05) is 12.1 Å². The lowest BCUT2D eigenvalue weighted by Crippen LogP contribution is -2.10. The van der Waals surface area contributed by atoms with E-state index in [1.54, 1.807) is 0 Å². The topological polar surface area (TPSA) is 54.5 Å². The van der Waals surface area contributed by atoms with E-state index in [0.29, 0.717) is 6.54 Å². The van der Waals surface area contributed by atoms with Crippen LogP contribution in [0.5, 0.6) is 0 Å². The van der Waals surface area contributed by atoms with E-state index in [-0.39, 0.29) is 10.7 Å². The van der Waals surface area contributed by atoms with Crippen LogP contribution in [0, 0.1) is 11.3 Å². The minimum Gasteiger partial charge on any atom is -0.298 e. The molecule has 1 aromatic carbocycles. The average molecular weight is 326 g/mol. The number of nitriles is 1. The quantitative estimate of drug-likeness (QED) is 0.602. The second-order valence-corrected chi connectivity index (χ2v) is 7.73. The Balaban J connectivity index is 2.39. The van der Waals surface area contributed by atoms with Crippen molar-refractivity contribution in [3.8, 4) is 17.5 Å². The standard InChI is InChI=1S/C18H22N4S/c1-6-11-22-16(20-21-17(22)23-13(2)12-19)14-7-9-15(10-8-14)18(3,4)5/h6-10,13H,1,11H2,2-5H3/t13-/m0/s1. The minimum atomic E-state index is -0.168. The van der Waals surface area contributed by atoms with Crippen molar-refractivity contribution in [1.29, 1.82) is 5.26 Å². The predicted molar refractivity (Wildman–Crippen MR) is 95.3 cm³/mol. The number of thioether (sulfide) groups is 1. The van der Waals surface area contributed by atoms with Crippen LogP contribution in [-0.4, -0.2) is 20.0 Å². The largest absolute Gasteiger partial charge is 0.298 e. The maximum Gasteiger partial charge on any atom is 0.193 e. The van der Waals surface area contributed by atoms with E-state index in [4.69, 9.17) is 5.26 Å². The molecule has 0 radical (unpaired) electrons. The maximum absolute atomic E-state index is 9.00. The monoisotopic (exact) mass is 326 g/mol. The van der Waals surface area contributed by atoms with Crippen molar-refractivity contribution < 1.29 is 0 Å². The average Bonchev–Trinajstić information content (AvgIpc) is 2.89. The predicted octanol–water partition coefficient (Wildman–Crippen LogP) is 4.43. The summed E-state index contributed by atoms with van der Waals surface area (Å²) in [5.41, 5.74) is 2.42. The lowest BCUT2D eigenvalue weighted by molar-refractivity contribution is 0.590. The van der Waals surface area contributed by atoms with Crippen molar-refractivity contribution in [3.63, 3.8) is 0 Å². The van der Waals surface area contributed by atoms with E-state index in [2.05, 4.69) is 67.9 Å². The minimum absolute atomic E-state index is 0.122. The second-order valence-electron chi connectivity index (χ2n) is 6.42. The van der Waals surface area contributed by atoms with Crippen molar-refractivity contribution in [2.75, 3.05) is 0 Å². The highest BCUT2D eigenvalue weighted by atomic mass is 32.2. The molecule has 23 heavy (non-hydrogen) atoms. The van der Waals surface area contributed by atoms with Crippen molar-refractivity contribution >= 4 is 11.8 Å². The Morgan fingerprint density at radius 3 is 2.48 bits per heavy atom. The molecular formula is C18H22N4S. The van der Waals surface area contributed by atoms with Gasteiger partial charge in [-0.15, -0.1) is 16.8 Å². The Kier molecular flexibility index (Phi) is 5.27. The van der Waals surface area contributed by atoms with Crippen LogP contribution in [0.15, 0.2) is 42.1 Å². The highest BCUT2D eigenvalue weighted by molar-refractivity contribution is 8.00. The van der Waals surface area contributed by atoms with Crippen LogP contribution in [0.3, 0.4) is 0 Å². The molecular weight excluding hydrogens is 304 g/mol. The van der Waals surface area contributed by atoms with Gasteiger partial charge in [0.25, 0.3) is 0 Å². The zero-order valence-corrected chi connectivity index (χ0v) is 14.9. The molecule has 1 aromatic heterocycles. The summed E-state index contributed by atoms with van der Waals surface area (Å²) in [6, 6.07) is 10.6. The first-order valence-corrected chi connectivity index (χ1v) is 8.46. The molecule has 0 aliphatic heterocycles. The fourth-order valence-electron chi connectivity index (χ4n) is 2.19. The molecule has 0 amide bonds. The Morgan fingerprint density at radius 1 is 1.30 bits per heavy atom. The molecule has 120 valence electrons. The van der Waals surface area contributed by atoms with E-state index in [1.165, 1.54) is 17.3 Å². The van der Waals surface area contributed by atoms with Gasteiger partial charge in [0.1, 0.15) is 0 Å². The molecule has 0 fully saturated rings. The van der Waals surface area contributed by atoms with Crippen LogP contribution >= 0.6 is 11.8 Å². The third-order valence-corrected chi connectivity index (χ3v) is 4.47. The van der Waals surface area contributed by atoms with Crippen molar-refractivity contribution in [3.05, 3.63) is 42.5 Å². The van der Waals surface area contributed by atoms with Crippen molar-refractivity contribution in [2.45, 2.75) is 50.1 Å². The molecule has 0 N–H and O–H groups in total. The Hall–Kier alpha value is -2.06. The summed E-state index contributed by atoms with van der Waals surface area (Å²) in [7, 11) is 0. The fourth-order valence-corrected chi connectivity index (χ4v) is 2.93. The van der Waals surface area contributed by atoms with Gasteiger partial charge in [-0.1, -0.05) is 62.9 Å². The molecule has 2 aromatic rings. The van der Waals surface area contributed by atoms with E-state index in [1.807, 2.05) is 17.6 Å². The van der Waals surface area contributed by atoms with E-state index >= 15 is 0 Å². The highest BCUT2D eigenvalue weighted by Gasteiger charge is 2.17. The zero-order valence-electron chi connectivity index (χ0n) is 14.1. The van der Waals surface area contributed by atoms with Crippen LogP contribution < -0.4 is 0 Å². The molecule has 4 nitrogen and oxygen atoms in total. The van der Waals surface area contributed by atoms with Gasteiger partial charge in [0.15, 0.2) is 11.0 Å². The number of aromatic nitrogens is 3. The summed E-state index contributed by atoms with van der Waals surface area (Å²) in [5, 5.41) is 18.1. The first kappa shape index (κ1) is 17.3. The molecule has 0 unspecified atom stereocenters. The summed E-state index contributed by atoms with van der Waals surface area (Å²) in [5.74, 6) is 0.804. The maximum atomic E-state index is 9.00. The third-order valence-electron chi connectivity index (χ3n) is 3.50. The van der Waals surface area contributed by atoms with Crippen LogP contribution in [0.1, 0.15) is 33.3 Å². The number of nitrogens with zero attached hydrogens (tertiary/aromatic N) is 4. The zero-order chi connectivity index (χ0) is 17.0. The van der Waals surface area contributed by atoms with Gasteiger partial charge in [-0.25, -0.2) is 0 Å². The van der Waals surface area contributed by atoms with Gasteiger partial charge in [-0.05, 0) is 17.9 Å². The van der Waals surface area contributed by atoms with Gasteiger partial charge in [0.2, 0.25) is 0 Å². The lowest BCUT2D eigenvalue weighted by Gasteiger charge is -2.19. The number of hydrogen-bond donors (Lipinski definition) is 0. The molecule has 0 aliphatic carbocycles. The first-order chi connectivity index (χ1) is 10.9. The molecule has 1 heterocycles.